The number of aliphatic hydroxyl groups is 1. The van der Waals surface area contributed by atoms with E-state index in [0.717, 1.165) is 0 Å². The first-order chi connectivity index (χ1) is 4.09. The Kier molecular flexibility index (Phi) is 2.78. The Hall–Kier alpha value is -0.990. The van der Waals surface area contributed by atoms with E-state index >= 15 is 0 Å². The van der Waals surface area contributed by atoms with Crippen molar-refractivity contribution >= 4 is 5.91 Å². The molecular weight excluding hydrogens is 118 g/mol. The summed E-state index contributed by atoms with van der Waals surface area (Å²) >= 11 is 0. The zero-order chi connectivity index (χ0) is 7.44. The van der Waals surface area contributed by atoms with Crippen molar-refractivity contribution in [3.8, 4) is 0 Å². The Balaban J connectivity index is 4.35. The molecule has 0 atom stereocenters. The van der Waals surface area contributed by atoms with Gasteiger partial charge < -0.3 is 10.8 Å². The number of carbonyl (C=O) groups excluding carboxylic acids is 1. The summed E-state index contributed by atoms with van der Waals surface area (Å²) < 4.78 is 0. The van der Waals surface area contributed by atoms with Crippen LogP contribution in [0.4, 0.5) is 0 Å². The molecule has 3 N–H and O–H groups in total. The molecule has 0 radical (unpaired) electrons. The van der Waals surface area contributed by atoms with Gasteiger partial charge in [-0.1, -0.05) is 6.92 Å². The average molecular weight is 129 g/mol. The highest BCUT2D eigenvalue weighted by Crippen LogP contribution is 2.03. The van der Waals surface area contributed by atoms with Gasteiger partial charge in [0.15, 0.2) is 0 Å². The minimum atomic E-state index is -0.544. The first-order valence-electron chi connectivity index (χ1n) is 2.78. The number of hydrogen-bond acceptors (Lipinski definition) is 2. The lowest BCUT2D eigenvalue weighted by Gasteiger charge is -1.97. The summed E-state index contributed by atoms with van der Waals surface area (Å²) in [4.78, 5) is 10.4. The molecule has 9 heavy (non-hydrogen) atoms. The molecule has 0 aliphatic carbocycles. The normalized spacial score (nSPS) is 12.7. The van der Waals surface area contributed by atoms with Gasteiger partial charge in [-0.3, -0.25) is 4.79 Å². The average Bonchev–Trinajstić information content (AvgIpc) is 1.64. The minimum Gasteiger partial charge on any atom is -0.512 e. The van der Waals surface area contributed by atoms with Crippen LogP contribution in [0.5, 0.6) is 0 Å². The van der Waals surface area contributed by atoms with Gasteiger partial charge in [-0.2, -0.15) is 0 Å². The van der Waals surface area contributed by atoms with Gasteiger partial charge in [0.05, 0.1) is 11.3 Å². The molecule has 0 rings (SSSR count). The zero-order valence-corrected chi connectivity index (χ0v) is 5.64. The number of nitrogens with two attached hydrogens (primary N) is 1. The number of hydrogen-bond donors (Lipinski definition) is 2. The van der Waals surface area contributed by atoms with Crippen molar-refractivity contribution in [2.45, 2.75) is 20.3 Å². The van der Waals surface area contributed by atoms with E-state index in [0.29, 0.717) is 12.0 Å². The third-order valence-electron chi connectivity index (χ3n) is 1.09. The summed E-state index contributed by atoms with van der Waals surface area (Å²) in [5.74, 6) is -0.525. The number of aliphatic hydroxyl groups excluding tert-OH is 1. The highest BCUT2D eigenvalue weighted by atomic mass is 16.3. The first kappa shape index (κ1) is 8.01. The lowest BCUT2D eigenvalue weighted by atomic mass is 10.2. The maximum Gasteiger partial charge on any atom is 0.247 e. The van der Waals surface area contributed by atoms with Crippen LogP contribution in [0, 0.1) is 0 Å². The van der Waals surface area contributed by atoms with Crippen molar-refractivity contribution in [1.82, 2.24) is 0 Å². The Bertz CT molecular complexity index is 145. The van der Waals surface area contributed by atoms with E-state index in [-0.39, 0.29) is 5.76 Å². The van der Waals surface area contributed by atoms with E-state index in [1.165, 1.54) is 6.92 Å². The quantitative estimate of drug-likeness (QED) is 0.426. The first-order valence-corrected chi connectivity index (χ1v) is 2.78. The minimum absolute atomic E-state index is 0.0185. The van der Waals surface area contributed by atoms with Crippen LogP contribution in [0.3, 0.4) is 0 Å². The maximum atomic E-state index is 10.4. The lowest BCUT2D eigenvalue weighted by Crippen LogP contribution is -2.14. The molecule has 52 valence electrons. The third kappa shape index (κ3) is 2.17. The molecule has 3 heteroatoms. The second kappa shape index (κ2) is 3.12. The molecule has 0 saturated heterocycles. The fourth-order valence-electron chi connectivity index (χ4n) is 0.608. The summed E-state index contributed by atoms with van der Waals surface area (Å²) in [7, 11) is 0. The third-order valence-corrected chi connectivity index (χ3v) is 1.09. The van der Waals surface area contributed by atoms with Crippen LogP contribution in [0.2, 0.25) is 0 Å². The Morgan fingerprint density at radius 3 is 2.11 bits per heavy atom. The SMILES string of the molecule is CCC(C(N)=O)=C(C)O. The van der Waals surface area contributed by atoms with E-state index in [1.807, 2.05) is 0 Å². The standard InChI is InChI=1S/C6H11NO2/c1-3-5(4(2)8)6(7)9/h8H,3H2,1-2H3,(H2,7,9). The molecule has 0 aromatic heterocycles. The van der Waals surface area contributed by atoms with Crippen molar-refractivity contribution in [1.29, 1.82) is 0 Å². The van der Waals surface area contributed by atoms with Crippen LogP contribution in [0.1, 0.15) is 20.3 Å². The molecule has 0 spiro atoms. The topological polar surface area (TPSA) is 63.3 Å². The Labute approximate surface area is 54.2 Å². The van der Waals surface area contributed by atoms with Crippen molar-refractivity contribution in [3.63, 3.8) is 0 Å². The van der Waals surface area contributed by atoms with Crippen molar-refractivity contribution < 1.29 is 9.90 Å². The van der Waals surface area contributed by atoms with Crippen LogP contribution in [0.15, 0.2) is 11.3 Å². The fraction of sp³-hybridized carbons (Fsp3) is 0.500. The summed E-state index contributed by atoms with van der Waals surface area (Å²) in [6.45, 7) is 3.21. The van der Waals surface area contributed by atoms with Crippen molar-refractivity contribution in [2.75, 3.05) is 0 Å². The highest BCUT2D eigenvalue weighted by Gasteiger charge is 2.04. The van der Waals surface area contributed by atoms with Gasteiger partial charge >= 0.3 is 0 Å². The zero-order valence-electron chi connectivity index (χ0n) is 5.64. The number of primary amides is 1. The van der Waals surface area contributed by atoms with Crippen LogP contribution < -0.4 is 5.73 Å². The summed E-state index contributed by atoms with van der Waals surface area (Å²) in [5, 5.41) is 8.76. The highest BCUT2D eigenvalue weighted by molar-refractivity contribution is 5.92. The van der Waals surface area contributed by atoms with Gasteiger partial charge in [0.1, 0.15) is 0 Å². The molecule has 0 aromatic rings. The molecule has 0 saturated carbocycles. The van der Waals surface area contributed by atoms with Gasteiger partial charge in [0, 0.05) is 0 Å². The van der Waals surface area contributed by atoms with Gasteiger partial charge in [0.25, 0.3) is 0 Å². The molecular formula is C6H11NO2. The second-order valence-electron chi connectivity index (χ2n) is 1.78. The molecule has 0 aliphatic rings. The van der Waals surface area contributed by atoms with Crippen LogP contribution >= 0.6 is 0 Å². The smallest absolute Gasteiger partial charge is 0.247 e. The van der Waals surface area contributed by atoms with Crippen LogP contribution in [0.25, 0.3) is 0 Å². The van der Waals surface area contributed by atoms with E-state index in [4.69, 9.17) is 10.8 Å². The Morgan fingerprint density at radius 2 is 2.11 bits per heavy atom. The molecule has 0 aliphatic heterocycles. The van der Waals surface area contributed by atoms with Gasteiger partial charge in [-0.25, -0.2) is 0 Å². The number of amides is 1. The second-order valence-corrected chi connectivity index (χ2v) is 1.78. The summed E-state index contributed by atoms with van der Waals surface area (Å²) in [6.07, 6.45) is 0.484. The molecule has 0 fully saturated rings. The van der Waals surface area contributed by atoms with E-state index in [1.54, 1.807) is 6.92 Å². The maximum absolute atomic E-state index is 10.4. The van der Waals surface area contributed by atoms with E-state index < -0.39 is 5.91 Å². The molecule has 0 aromatic carbocycles. The van der Waals surface area contributed by atoms with Gasteiger partial charge in [-0.15, -0.1) is 0 Å². The summed E-state index contributed by atoms with van der Waals surface area (Å²) in [5.41, 5.74) is 5.19. The number of rotatable bonds is 2. The predicted octanol–water partition coefficient (Wildman–Crippen LogP) is 0.714. The molecule has 0 bridgehead atoms. The number of allylic oxidation sites excluding steroid dienone is 1. The summed E-state index contributed by atoms with van der Waals surface area (Å²) in [6, 6.07) is 0. The number of carbonyl (C=O) groups is 1. The van der Waals surface area contributed by atoms with Crippen LogP contribution in [-0.2, 0) is 4.79 Å². The monoisotopic (exact) mass is 129 g/mol. The fourth-order valence-corrected chi connectivity index (χ4v) is 0.608. The van der Waals surface area contributed by atoms with Crippen molar-refractivity contribution in [2.24, 2.45) is 5.73 Å². The molecule has 3 nitrogen and oxygen atoms in total. The predicted molar refractivity (Wildman–Crippen MR) is 34.8 cm³/mol. The van der Waals surface area contributed by atoms with Crippen molar-refractivity contribution in [3.05, 3.63) is 11.3 Å². The molecule has 1 amide bonds. The van der Waals surface area contributed by atoms with Crippen LogP contribution in [-0.4, -0.2) is 11.0 Å². The Morgan fingerprint density at radius 1 is 1.67 bits per heavy atom. The van der Waals surface area contributed by atoms with E-state index in [2.05, 4.69) is 0 Å². The lowest BCUT2D eigenvalue weighted by molar-refractivity contribution is -0.114. The molecule has 0 heterocycles. The largest absolute Gasteiger partial charge is 0.512 e. The van der Waals surface area contributed by atoms with Gasteiger partial charge in [0.2, 0.25) is 5.91 Å². The van der Waals surface area contributed by atoms with Gasteiger partial charge in [-0.05, 0) is 13.3 Å². The van der Waals surface area contributed by atoms with E-state index in [9.17, 15) is 4.79 Å². The molecule has 0 unspecified atom stereocenters.